The standard InChI is InChI=1S/C16H14N3OS/c1-10-4-3-5-12(8-10)19(16(17)20)15-11(2)21-14-9-18-7-6-13(14)15/h3-9H,1H2,2H3,(H2,17,20). The van der Waals surface area contributed by atoms with E-state index < -0.39 is 6.03 Å². The number of aryl methyl sites for hydroxylation is 1. The summed E-state index contributed by atoms with van der Waals surface area (Å²) in [5.74, 6) is 0. The van der Waals surface area contributed by atoms with Gasteiger partial charge in [-0.05, 0) is 37.6 Å². The highest BCUT2D eigenvalue weighted by Gasteiger charge is 2.21. The molecule has 0 spiro atoms. The molecule has 0 fully saturated rings. The molecule has 3 rings (SSSR count). The Morgan fingerprint density at radius 1 is 1.38 bits per heavy atom. The Labute approximate surface area is 126 Å². The fraction of sp³-hybridized carbons (Fsp3) is 0.0625. The average Bonchev–Trinajstić information content (AvgIpc) is 2.76. The number of amides is 2. The molecule has 1 aromatic carbocycles. The summed E-state index contributed by atoms with van der Waals surface area (Å²) in [5, 5.41) is 0.973. The largest absolute Gasteiger partial charge is 0.351 e. The van der Waals surface area contributed by atoms with Gasteiger partial charge in [-0.15, -0.1) is 11.3 Å². The van der Waals surface area contributed by atoms with Crippen LogP contribution in [-0.2, 0) is 0 Å². The van der Waals surface area contributed by atoms with Crippen molar-refractivity contribution in [3.05, 3.63) is 60.1 Å². The Bertz CT molecular complexity index is 825. The molecule has 0 atom stereocenters. The lowest BCUT2D eigenvalue weighted by Crippen LogP contribution is -2.31. The molecule has 2 aromatic heterocycles. The summed E-state index contributed by atoms with van der Waals surface area (Å²) < 4.78 is 1.03. The van der Waals surface area contributed by atoms with Crippen LogP contribution >= 0.6 is 11.3 Å². The number of anilines is 2. The maximum Gasteiger partial charge on any atom is 0.323 e. The number of primary amides is 1. The summed E-state index contributed by atoms with van der Waals surface area (Å²) in [5.41, 5.74) is 7.99. The lowest BCUT2D eigenvalue weighted by atomic mass is 10.1. The Balaban J connectivity index is 2.26. The summed E-state index contributed by atoms with van der Waals surface area (Å²) in [6.45, 7) is 5.88. The lowest BCUT2D eigenvalue weighted by molar-refractivity contribution is 0.256. The summed E-state index contributed by atoms with van der Waals surface area (Å²) >= 11 is 1.60. The molecular formula is C16H14N3OS. The second kappa shape index (κ2) is 5.18. The number of carbonyl (C=O) groups is 1. The number of aromatic nitrogens is 1. The molecule has 5 heteroatoms. The van der Waals surface area contributed by atoms with E-state index in [0.717, 1.165) is 31.9 Å². The fourth-order valence-corrected chi connectivity index (χ4v) is 3.42. The van der Waals surface area contributed by atoms with Gasteiger partial charge in [-0.3, -0.25) is 9.88 Å². The summed E-state index contributed by atoms with van der Waals surface area (Å²) in [6.07, 6.45) is 3.52. The van der Waals surface area contributed by atoms with Crippen molar-refractivity contribution < 1.29 is 4.79 Å². The Hall–Kier alpha value is -2.40. The van der Waals surface area contributed by atoms with Crippen LogP contribution in [0, 0.1) is 13.8 Å². The second-order valence-corrected chi connectivity index (χ2v) is 5.98. The second-order valence-electron chi connectivity index (χ2n) is 4.72. The van der Waals surface area contributed by atoms with Gasteiger partial charge >= 0.3 is 6.03 Å². The van der Waals surface area contributed by atoms with E-state index in [4.69, 9.17) is 5.73 Å². The van der Waals surface area contributed by atoms with Gasteiger partial charge in [0.2, 0.25) is 0 Å². The molecular weight excluding hydrogens is 282 g/mol. The molecule has 2 N–H and O–H groups in total. The molecule has 3 aromatic rings. The first kappa shape index (κ1) is 13.6. The number of urea groups is 1. The Kier molecular flexibility index (Phi) is 3.35. The molecule has 21 heavy (non-hydrogen) atoms. The van der Waals surface area contributed by atoms with Crippen molar-refractivity contribution in [2.75, 3.05) is 4.90 Å². The zero-order chi connectivity index (χ0) is 15.0. The number of hydrogen-bond donors (Lipinski definition) is 1. The molecule has 0 aliphatic rings. The highest BCUT2D eigenvalue weighted by atomic mass is 32.1. The van der Waals surface area contributed by atoms with Crippen LogP contribution in [0.2, 0.25) is 0 Å². The van der Waals surface area contributed by atoms with E-state index in [9.17, 15) is 4.79 Å². The molecule has 2 heterocycles. The summed E-state index contributed by atoms with van der Waals surface area (Å²) in [4.78, 5) is 18.7. The van der Waals surface area contributed by atoms with Crippen LogP contribution < -0.4 is 10.6 Å². The van der Waals surface area contributed by atoms with Gasteiger partial charge in [0.1, 0.15) is 0 Å². The van der Waals surface area contributed by atoms with Crippen LogP contribution in [-0.4, -0.2) is 11.0 Å². The van der Waals surface area contributed by atoms with Gasteiger partial charge in [-0.2, -0.15) is 0 Å². The molecule has 4 nitrogen and oxygen atoms in total. The van der Waals surface area contributed by atoms with Crippen molar-refractivity contribution in [1.82, 2.24) is 4.98 Å². The third-order valence-electron chi connectivity index (χ3n) is 3.25. The quantitative estimate of drug-likeness (QED) is 0.777. The van der Waals surface area contributed by atoms with Crippen molar-refractivity contribution >= 4 is 38.8 Å². The first-order chi connectivity index (χ1) is 10.1. The van der Waals surface area contributed by atoms with Gasteiger partial charge in [0.15, 0.2) is 0 Å². The predicted molar refractivity (Wildman–Crippen MR) is 87.0 cm³/mol. The van der Waals surface area contributed by atoms with Crippen LogP contribution in [0.3, 0.4) is 0 Å². The maximum absolute atomic E-state index is 12.0. The van der Waals surface area contributed by atoms with Crippen molar-refractivity contribution in [2.45, 2.75) is 6.92 Å². The first-order valence-electron chi connectivity index (χ1n) is 6.42. The van der Waals surface area contributed by atoms with E-state index in [1.807, 2.05) is 37.3 Å². The molecule has 0 unspecified atom stereocenters. The zero-order valence-corrected chi connectivity index (χ0v) is 12.4. The SMILES string of the molecule is [CH2]c1cccc(N(C(N)=O)c2c(C)sc3cnccc23)c1. The van der Waals surface area contributed by atoms with Crippen molar-refractivity contribution in [3.8, 4) is 0 Å². The molecule has 0 bridgehead atoms. The maximum atomic E-state index is 12.0. The van der Waals surface area contributed by atoms with Crippen molar-refractivity contribution in [2.24, 2.45) is 5.73 Å². The number of hydrogen-bond acceptors (Lipinski definition) is 3. The number of thiophene rings is 1. The van der Waals surface area contributed by atoms with Crippen LogP contribution in [0.5, 0.6) is 0 Å². The number of pyridine rings is 1. The third kappa shape index (κ3) is 2.36. The third-order valence-corrected chi connectivity index (χ3v) is 4.29. The molecule has 0 saturated heterocycles. The number of rotatable bonds is 2. The van der Waals surface area contributed by atoms with Crippen LogP contribution in [0.4, 0.5) is 16.2 Å². The van der Waals surface area contributed by atoms with E-state index >= 15 is 0 Å². The van der Waals surface area contributed by atoms with E-state index in [0.29, 0.717) is 0 Å². The van der Waals surface area contributed by atoms with E-state index in [1.165, 1.54) is 4.90 Å². The van der Waals surface area contributed by atoms with Crippen molar-refractivity contribution in [1.29, 1.82) is 0 Å². The monoisotopic (exact) mass is 296 g/mol. The van der Waals surface area contributed by atoms with Gasteiger partial charge in [0.05, 0.1) is 16.1 Å². The topological polar surface area (TPSA) is 59.2 Å². The number of benzene rings is 1. The minimum Gasteiger partial charge on any atom is -0.351 e. The number of nitrogens with zero attached hydrogens (tertiary/aromatic N) is 2. The molecule has 0 aliphatic carbocycles. The number of fused-ring (bicyclic) bond motifs is 1. The smallest absolute Gasteiger partial charge is 0.323 e. The molecule has 1 radical (unpaired) electrons. The Morgan fingerprint density at radius 2 is 2.19 bits per heavy atom. The van der Waals surface area contributed by atoms with Crippen LogP contribution in [0.15, 0.2) is 42.7 Å². The molecule has 105 valence electrons. The molecule has 2 amide bonds. The normalized spacial score (nSPS) is 10.8. The van der Waals surface area contributed by atoms with E-state index in [1.54, 1.807) is 23.7 Å². The van der Waals surface area contributed by atoms with Gasteiger partial charge in [-0.1, -0.05) is 12.1 Å². The average molecular weight is 296 g/mol. The zero-order valence-electron chi connectivity index (χ0n) is 11.5. The minimum absolute atomic E-state index is 0.514. The van der Waals surface area contributed by atoms with E-state index in [2.05, 4.69) is 11.9 Å². The fourth-order valence-electron chi connectivity index (χ4n) is 2.40. The Morgan fingerprint density at radius 3 is 2.90 bits per heavy atom. The highest BCUT2D eigenvalue weighted by Crippen LogP contribution is 2.40. The first-order valence-corrected chi connectivity index (χ1v) is 7.24. The van der Waals surface area contributed by atoms with Gasteiger partial charge in [0.25, 0.3) is 0 Å². The number of carbonyl (C=O) groups excluding carboxylic acids is 1. The highest BCUT2D eigenvalue weighted by molar-refractivity contribution is 7.19. The lowest BCUT2D eigenvalue weighted by Gasteiger charge is -2.21. The van der Waals surface area contributed by atoms with Gasteiger partial charge in [-0.25, -0.2) is 4.79 Å². The predicted octanol–water partition coefficient (Wildman–Crippen LogP) is 4.00. The minimum atomic E-state index is -0.514. The summed E-state index contributed by atoms with van der Waals surface area (Å²) in [7, 11) is 0. The van der Waals surface area contributed by atoms with Crippen molar-refractivity contribution in [3.63, 3.8) is 0 Å². The van der Waals surface area contributed by atoms with Gasteiger partial charge < -0.3 is 5.73 Å². The van der Waals surface area contributed by atoms with Crippen LogP contribution in [0.25, 0.3) is 10.1 Å². The summed E-state index contributed by atoms with van der Waals surface area (Å²) in [6, 6.07) is 8.82. The van der Waals surface area contributed by atoms with E-state index in [-0.39, 0.29) is 0 Å². The van der Waals surface area contributed by atoms with Crippen LogP contribution in [0.1, 0.15) is 10.4 Å². The molecule has 0 saturated carbocycles. The molecule has 0 aliphatic heterocycles. The van der Waals surface area contributed by atoms with Gasteiger partial charge in [0, 0.05) is 22.7 Å². The number of nitrogens with two attached hydrogens (primary N) is 1.